The zero-order valence-corrected chi connectivity index (χ0v) is 15.5. The minimum Gasteiger partial charge on any atom is -0.360 e. The van der Waals surface area contributed by atoms with Crippen molar-refractivity contribution in [3.63, 3.8) is 0 Å². The number of piperazine rings is 1. The lowest BCUT2D eigenvalue weighted by molar-refractivity contribution is -0.846. The molecule has 6 nitrogen and oxygen atoms in total. The number of hydrogen-bond donors (Lipinski definition) is 1. The molecule has 0 amide bonds. The van der Waals surface area contributed by atoms with Gasteiger partial charge in [0.1, 0.15) is 0 Å². The van der Waals surface area contributed by atoms with E-state index in [1.165, 1.54) is 17.0 Å². The van der Waals surface area contributed by atoms with E-state index in [0.29, 0.717) is 24.6 Å². The lowest BCUT2D eigenvalue weighted by atomic mass is 10.1. The van der Waals surface area contributed by atoms with Gasteiger partial charge in [-0.1, -0.05) is 24.3 Å². The minimum atomic E-state index is -4.32. The number of para-hydroxylation sites is 1. The monoisotopic (exact) mass is 401 g/mol. The highest BCUT2D eigenvalue weighted by Gasteiger charge is 2.31. The van der Waals surface area contributed by atoms with Gasteiger partial charge in [-0.2, -0.15) is 17.9 Å². The van der Waals surface area contributed by atoms with Crippen molar-refractivity contribution in [3.8, 4) is 5.69 Å². The number of tetrazole rings is 1. The standard InChI is InChI=1S/C20H19F3N6/c21-20(22,23)16-5-4-8-18(15-16)28-13-11-27(12-14-28)10-9-19-24-25-26-29(19)17-6-2-1-3-7-17/h1-10,15H,11-14H2/p+1/b10-9+. The fraction of sp³-hybridized carbons (Fsp3) is 0.250. The van der Waals surface area contributed by atoms with E-state index in [2.05, 4.69) is 15.5 Å². The number of alkyl halides is 3. The summed E-state index contributed by atoms with van der Waals surface area (Å²) < 4.78 is 40.5. The van der Waals surface area contributed by atoms with Crippen LogP contribution in [0.4, 0.5) is 18.9 Å². The Balaban J connectivity index is 1.40. The molecule has 1 aliphatic heterocycles. The van der Waals surface area contributed by atoms with Crippen molar-refractivity contribution < 1.29 is 18.1 Å². The van der Waals surface area contributed by atoms with Crippen LogP contribution in [-0.2, 0) is 6.18 Å². The Morgan fingerprint density at radius 3 is 2.38 bits per heavy atom. The van der Waals surface area contributed by atoms with Crippen molar-refractivity contribution in [2.24, 2.45) is 0 Å². The molecule has 1 aliphatic rings. The van der Waals surface area contributed by atoms with E-state index in [9.17, 15) is 13.2 Å². The highest BCUT2D eigenvalue weighted by atomic mass is 19.4. The number of anilines is 1. The normalized spacial score (nSPS) is 15.9. The van der Waals surface area contributed by atoms with Crippen molar-refractivity contribution in [1.82, 2.24) is 20.2 Å². The summed E-state index contributed by atoms with van der Waals surface area (Å²) in [6, 6.07) is 15.1. The molecule has 1 aromatic heterocycles. The second-order valence-corrected chi connectivity index (χ2v) is 6.81. The maximum atomic E-state index is 12.9. The topological polar surface area (TPSA) is 51.3 Å². The van der Waals surface area contributed by atoms with Crippen molar-refractivity contribution in [2.45, 2.75) is 6.18 Å². The summed E-state index contributed by atoms with van der Waals surface area (Å²) in [7, 11) is 0. The number of halogens is 3. The molecule has 1 N–H and O–H groups in total. The highest BCUT2D eigenvalue weighted by Crippen LogP contribution is 2.31. The van der Waals surface area contributed by atoms with Crippen LogP contribution in [0.1, 0.15) is 11.4 Å². The third-order valence-corrected chi connectivity index (χ3v) is 4.91. The van der Waals surface area contributed by atoms with Gasteiger partial charge in [0.05, 0.1) is 43.6 Å². The van der Waals surface area contributed by atoms with Gasteiger partial charge in [0.25, 0.3) is 0 Å². The minimum absolute atomic E-state index is 0.607. The first-order valence-corrected chi connectivity index (χ1v) is 9.29. The van der Waals surface area contributed by atoms with Crippen molar-refractivity contribution in [1.29, 1.82) is 0 Å². The van der Waals surface area contributed by atoms with Gasteiger partial charge in [0, 0.05) is 11.8 Å². The molecule has 150 valence electrons. The Morgan fingerprint density at radius 2 is 1.66 bits per heavy atom. The first kappa shape index (κ1) is 19.1. The molecule has 0 aliphatic carbocycles. The number of nitrogens with one attached hydrogen (secondary N) is 1. The van der Waals surface area contributed by atoms with Crippen molar-refractivity contribution in [3.05, 3.63) is 72.2 Å². The average Bonchev–Trinajstić information content (AvgIpc) is 3.21. The van der Waals surface area contributed by atoms with Crippen LogP contribution in [0.2, 0.25) is 0 Å². The van der Waals surface area contributed by atoms with E-state index in [0.717, 1.165) is 24.8 Å². The summed E-state index contributed by atoms with van der Waals surface area (Å²) >= 11 is 0. The Bertz CT molecular complexity index is 975. The number of hydrogen-bond acceptors (Lipinski definition) is 4. The molecule has 1 fully saturated rings. The van der Waals surface area contributed by atoms with Gasteiger partial charge in [0.15, 0.2) is 5.82 Å². The van der Waals surface area contributed by atoms with E-state index >= 15 is 0 Å². The summed E-state index contributed by atoms with van der Waals surface area (Å²) in [6.07, 6.45) is -0.439. The number of rotatable bonds is 4. The first-order valence-electron chi connectivity index (χ1n) is 9.29. The molecule has 0 atom stereocenters. The maximum absolute atomic E-state index is 12.9. The SMILES string of the molecule is FC(F)(F)c1cccc(N2CC[NH+](/C=C/c3nnnn3-c3ccccc3)CC2)c1. The van der Waals surface area contributed by atoms with Crippen LogP contribution >= 0.6 is 0 Å². The van der Waals surface area contributed by atoms with Crippen LogP contribution in [0.15, 0.2) is 60.8 Å². The van der Waals surface area contributed by atoms with Crippen molar-refractivity contribution >= 4 is 11.8 Å². The molecule has 1 saturated heterocycles. The molecular formula is C20H20F3N6+. The highest BCUT2D eigenvalue weighted by molar-refractivity contribution is 5.49. The maximum Gasteiger partial charge on any atom is 0.416 e. The van der Waals surface area contributed by atoms with Gasteiger partial charge < -0.3 is 9.80 Å². The molecule has 0 bridgehead atoms. The van der Waals surface area contributed by atoms with E-state index in [1.54, 1.807) is 10.7 Å². The van der Waals surface area contributed by atoms with E-state index in [4.69, 9.17) is 0 Å². The molecule has 0 spiro atoms. The second kappa shape index (κ2) is 8.04. The fourth-order valence-electron chi connectivity index (χ4n) is 3.34. The lowest BCUT2D eigenvalue weighted by Crippen LogP contribution is -3.10. The molecule has 3 aromatic rings. The number of nitrogens with zero attached hydrogens (tertiary/aromatic N) is 5. The fourth-order valence-corrected chi connectivity index (χ4v) is 3.34. The van der Waals surface area contributed by atoms with Crippen molar-refractivity contribution in [2.75, 3.05) is 31.1 Å². The van der Waals surface area contributed by atoms with Gasteiger partial charge in [-0.3, -0.25) is 0 Å². The number of benzene rings is 2. The Hall–Kier alpha value is -3.20. The largest absolute Gasteiger partial charge is 0.416 e. The third-order valence-electron chi connectivity index (χ3n) is 4.91. The zero-order valence-electron chi connectivity index (χ0n) is 15.5. The van der Waals surface area contributed by atoms with E-state index in [-0.39, 0.29) is 0 Å². The number of quaternary nitrogens is 1. The molecule has 0 saturated carbocycles. The van der Waals surface area contributed by atoms with Gasteiger partial charge >= 0.3 is 6.18 Å². The predicted octanol–water partition coefficient (Wildman–Crippen LogP) is 2.06. The van der Waals surface area contributed by atoms with Gasteiger partial charge in [-0.05, 0) is 40.8 Å². The van der Waals surface area contributed by atoms with Crippen LogP contribution in [0.5, 0.6) is 0 Å². The molecule has 2 aromatic carbocycles. The van der Waals surface area contributed by atoms with Crippen LogP contribution in [-0.4, -0.2) is 46.4 Å². The van der Waals surface area contributed by atoms with Gasteiger partial charge in [-0.15, -0.1) is 5.10 Å². The summed E-state index contributed by atoms with van der Waals surface area (Å²) in [5.41, 5.74) is 0.870. The summed E-state index contributed by atoms with van der Waals surface area (Å²) in [5, 5.41) is 11.8. The molecular weight excluding hydrogens is 381 g/mol. The van der Waals surface area contributed by atoms with Crippen LogP contribution in [0.25, 0.3) is 11.8 Å². The van der Waals surface area contributed by atoms with Gasteiger partial charge in [-0.25, -0.2) is 0 Å². The van der Waals surface area contributed by atoms with Crippen LogP contribution in [0, 0.1) is 0 Å². The predicted molar refractivity (Wildman–Crippen MR) is 103 cm³/mol. The van der Waals surface area contributed by atoms with E-state index in [1.807, 2.05) is 47.5 Å². The summed E-state index contributed by atoms with van der Waals surface area (Å²) in [6.45, 7) is 2.90. The Morgan fingerprint density at radius 1 is 0.931 bits per heavy atom. The number of aromatic nitrogens is 4. The molecule has 4 rings (SSSR count). The van der Waals surface area contributed by atoms with Gasteiger partial charge in [0.2, 0.25) is 0 Å². The first-order chi connectivity index (χ1) is 14.0. The Kier molecular flexibility index (Phi) is 5.30. The summed E-state index contributed by atoms with van der Waals surface area (Å²) in [4.78, 5) is 3.21. The second-order valence-electron chi connectivity index (χ2n) is 6.81. The zero-order chi connectivity index (χ0) is 20.3. The lowest BCUT2D eigenvalue weighted by Gasteiger charge is -2.32. The molecule has 29 heavy (non-hydrogen) atoms. The molecule has 9 heteroatoms. The molecule has 2 heterocycles. The summed E-state index contributed by atoms with van der Waals surface area (Å²) in [5.74, 6) is 0.629. The Labute approximate surface area is 165 Å². The smallest absolute Gasteiger partial charge is 0.360 e. The van der Waals surface area contributed by atoms with Crippen LogP contribution < -0.4 is 9.80 Å². The van der Waals surface area contributed by atoms with E-state index < -0.39 is 11.7 Å². The molecule has 0 radical (unpaired) electrons. The van der Waals surface area contributed by atoms with Crippen LogP contribution in [0.3, 0.4) is 0 Å². The quantitative estimate of drug-likeness (QED) is 0.727. The average molecular weight is 401 g/mol. The molecule has 0 unspecified atom stereocenters. The third kappa shape index (κ3) is 4.45.